The molecule has 68 valence electrons. The maximum atomic E-state index is 11.7. The summed E-state index contributed by atoms with van der Waals surface area (Å²) < 4.78 is 0. The minimum atomic E-state index is -0.225. The molecule has 0 aliphatic carbocycles. The molecule has 0 saturated carbocycles. The lowest BCUT2D eigenvalue weighted by Crippen LogP contribution is -2.25. The van der Waals surface area contributed by atoms with Gasteiger partial charge >= 0.3 is 0 Å². The van der Waals surface area contributed by atoms with Crippen molar-refractivity contribution in [1.29, 1.82) is 0 Å². The monoisotopic (exact) mass is 167 g/mol. The molecular weight excluding hydrogens is 150 g/mol. The third-order valence-electron chi connectivity index (χ3n) is 2.06. The number of ketones is 1. The first-order chi connectivity index (χ1) is 5.41. The zero-order chi connectivity index (χ0) is 9.35. The first-order valence-electron chi connectivity index (χ1n) is 4.33. The molecule has 1 aliphatic heterocycles. The van der Waals surface area contributed by atoms with Crippen LogP contribution in [0, 0.1) is 5.41 Å². The molecule has 1 aliphatic rings. The van der Waals surface area contributed by atoms with Crippen LogP contribution in [0.25, 0.3) is 0 Å². The van der Waals surface area contributed by atoms with Crippen LogP contribution in [0.2, 0.25) is 0 Å². The molecule has 12 heavy (non-hydrogen) atoms. The maximum Gasteiger partial charge on any atom is 0.165 e. The van der Waals surface area contributed by atoms with Crippen molar-refractivity contribution < 1.29 is 4.79 Å². The highest BCUT2D eigenvalue weighted by Crippen LogP contribution is 2.22. The number of Topliss-reactive ketones (excluding diaryl/α,β-unsaturated/α-hetero) is 1. The van der Waals surface area contributed by atoms with E-state index in [4.69, 9.17) is 0 Å². The van der Waals surface area contributed by atoms with Crippen LogP contribution in [0.3, 0.4) is 0 Å². The molecule has 0 atom stereocenters. The van der Waals surface area contributed by atoms with Gasteiger partial charge in [0.1, 0.15) is 0 Å². The first kappa shape index (κ1) is 9.46. The SMILES string of the molecule is CN1CC=C(C(=O)C(C)(C)C)C1. The lowest BCUT2D eigenvalue weighted by molar-refractivity contribution is -0.122. The molecule has 0 spiro atoms. The van der Waals surface area contributed by atoms with Gasteiger partial charge in [0.05, 0.1) is 0 Å². The molecule has 0 fully saturated rings. The summed E-state index contributed by atoms with van der Waals surface area (Å²) in [6.45, 7) is 7.63. The van der Waals surface area contributed by atoms with Gasteiger partial charge in [-0.05, 0) is 7.05 Å². The Morgan fingerprint density at radius 2 is 2.08 bits per heavy atom. The molecule has 2 nitrogen and oxygen atoms in total. The van der Waals surface area contributed by atoms with E-state index in [0.29, 0.717) is 0 Å². The number of rotatable bonds is 1. The van der Waals surface area contributed by atoms with Crippen LogP contribution in [0.15, 0.2) is 11.6 Å². The fraction of sp³-hybridized carbons (Fsp3) is 0.700. The number of carbonyl (C=O) groups is 1. The van der Waals surface area contributed by atoms with Crippen LogP contribution < -0.4 is 0 Å². The average Bonchev–Trinajstić information content (AvgIpc) is 2.32. The van der Waals surface area contributed by atoms with E-state index in [1.807, 2.05) is 33.9 Å². The number of likely N-dealkylation sites (N-methyl/N-ethyl adjacent to an activating group) is 1. The average molecular weight is 167 g/mol. The third-order valence-corrected chi connectivity index (χ3v) is 2.06. The van der Waals surface area contributed by atoms with Gasteiger partial charge in [-0.1, -0.05) is 26.8 Å². The van der Waals surface area contributed by atoms with Crippen molar-refractivity contribution in [2.24, 2.45) is 5.41 Å². The molecule has 0 aromatic carbocycles. The summed E-state index contributed by atoms with van der Waals surface area (Å²) in [4.78, 5) is 13.9. The first-order valence-corrected chi connectivity index (χ1v) is 4.33. The van der Waals surface area contributed by atoms with E-state index in [-0.39, 0.29) is 11.2 Å². The summed E-state index contributed by atoms with van der Waals surface area (Å²) in [7, 11) is 2.03. The Balaban J connectivity index is 2.67. The summed E-state index contributed by atoms with van der Waals surface area (Å²) >= 11 is 0. The Morgan fingerprint density at radius 3 is 2.42 bits per heavy atom. The second-order valence-corrected chi connectivity index (χ2v) is 4.51. The van der Waals surface area contributed by atoms with E-state index < -0.39 is 0 Å². The predicted octanol–water partition coefficient (Wildman–Crippen LogP) is 1.47. The smallest absolute Gasteiger partial charge is 0.165 e. The Morgan fingerprint density at radius 1 is 1.50 bits per heavy atom. The Bertz CT molecular complexity index is 222. The van der Waals surface area contributed by atoms with Crippen molar-refractivity contribution in [3.05, 3.63) is 11.6 Å². The van der Waals surface area contributed by atoms with Gasteiger partial charge in [0.25, 0.3) is 0 Å². The van der Waals surface area contributed by atoms with Crippen LogP contribution in [0.1, 0.15) is 20.8 Å². The van der Waals surface area contributed by atoms with Crippen molar-refractivity contribution in [3.63, 3.8) is 0 Å². The Labute approximate surface area is 74.2 Å². The molecule has 2 heteroatoms. The maximum absolute atomic E-state index is 11.7. The molecule has 0 aromatic heterocycles. The fourth-order valence-corrected chi connectivity index (χ4v) is 1.33. The minimum absolute atomic E-state index is 0.225. The van der Waals surface area contributed by atoms with Crippen LogP contribution in [0.4, 0.5) is 0 Å². The van der Waals surface area contributed by atoms with Crippen molar-refractivity contribution in [3.8, 4) is 0 Å². The standard InChI is InChI=1S/C10H17NO/c1-10(2,3)9(12)8-5-6-11(4)7-8/h5H,6-7H2,1-4H3. The summed E-state index contributed by atoms with van der Waals surface area (Å²) in [5, 5.41) is 0. The number of hydrogen-bond donors (Lipinski definition) is 0. The topological polar surface area (TPSA) is 20.3 Å². The van der Waals surface area contributed by atoms with Gasteiger partial charge in [0.2, 0.25) is 0 Å². The molecule has 1 heterocycles. The summed E-state index contributed by atoms with van der Waals surface area (Å²) in [6.07, 6.45) is 2.04. The van der Waals surface area contributed by atoms with Crippen molar-refractivity contribution in [2.75, 3.05) is 20.1 Å². The molecule has 0 amide bonds. The molecule has 0 unspecified atom stereocenters. The summed E-state index contributed by atoms with van der Waals surface area (Å²) in [5.74, 6) is 0.284. The zero-order valence-electron chi connectivity index (χ0n) is 8.35. The fourth-order valence-electron chi connectivity index (χ4n) is 1.33. The van der Waals surface area contributed by atoms with Crippen molar-refractivity contribution in [2.45, 2.75) is 20.8 Å². The van der Waals surface area contributed by atoms with E-state index in [1.165, 1.54) is 0 Å². The molecule has 0 N–H and O–H groups in total. The van der Waals surface area contributed by atoms with Crippen LogP contribution in [-0.4, -0.2) is 30.8 Å². The zero-order valence-corrected chi connectivity index (χ0v) is 8.35. The van der Waals surface area contributed by atoms with Gasteiger partial charge in [-0.15, -0.1) is 0 Å². The van der Waals surface area contributed by atoms with Crippen LogP contribution >= 0.6 is 0 Å². The molecule has 0 bridgehead atoms. The van der Waals surface area contributed by atoms with E-state index >= 15 is 0 Å². The summed E-state index contributed by atoms with van der Waals surface area (Å²) in [5.41, 5.74) is 0.752. The van der Waals surface area contributed by atoms with Gasteiger partial charge in [-0.2, -0.15) is 0 Å². The lowest BCUT2D eigenvalue weighted by atomic mass is 9.86. The van der Waals surface area contributed by atoms with E-state index in [2.05, 4.69) is 4.90 Å². The summed E-state index contributed by atoms with van der Waals surface area (Å²) in [6, 6.07) is 0. The van der Waals surface area contributed by atoms with Gasteiger partial charge in [-0.25, -0.2) is 0 Å². The minimum Gasteiger partial charge on any atom is -0.298 e. The largest absolute Gasteiger partial charge is 0.298 e. The molecule has 1 rings (SSSR count). The quantitative estimate of drug-likeness (QED) is 0.589. The lowest BCUT2D eigenvalue weighted by Gasteiger charge is -2.17. The van der Waals surface area contributed by atoms with Gasteiger partial charge in [-0.3, -0.25) is 9.69 Å². The Hall–Kier alpha value is -0.630. The molecule has 0 saturated heterocycles. The second kappa shape index (κ2) is 3.02. The van der Waals surface area contributed by atoms with E-state index in [1.54, 1.807) is 0 Å². The van der Waals surface area contributed by atoms with Crippen LogP contribution in [0.5, 0.6) is 0 Å². The van der Waals surface area contributed by atoms with E-state index in [9.17, 15) is 4.79 Å². The van der Waals surface area contributed by atoms with Crippen molar-refractivity contribution in [1.82, 2.24) is 4.90 Å². The highest BCUT2D eigenvalue weighted by atomic mass is 16.1. The second-order valence-electron chi connectivity index (χ2n) is 4.51. The number of hydrogen-bond acceptors (Lipinski definition) is 2. The number of carbonyl (C=O) groups excluding carboxylic acids is 1. The van der Waals surface area contributed by atoms with Gasteiger partial charge in [0, 0.05) is 24.1 Å². The van der Waals surface area contributed by atoms with Crippen molar-refractivity contribution >= 4 is 5.78 Å². The van der Waals surface area contributed by atoms with Gasteiger partial charge in [0.15, 0.2) is 5.78 Å². The third kappa shape index (κ3) is 1.95. The van der Waals surface area contributed by atoms with Crippen LogP contribution in [-0.2, 0) is 4.79 Å². The molecule has 0 radical (unpaired) electrons. The normalized spacial score (nSPS) is 19.5. The highest BCUT2D eigenvalue weighted by Gasteiger charge is 2.27. The highest BCUT2D eigenvalue weighted by molar-refractivity contribution is 5.99. The number of nitrogens with zero attached hydrogens (tertiary/aromatic N) is 1. The predicted molar refractivity (Wildman–Crippen MR) is 50.0 cm³/mol. The Kier molecular flexibility index (Phi) is 2.38. The van der Waals surface area contributed by atoms with Gasteiger partial charge < -0.3 is 0 Å². The molecular formula is C10H17NO. The molecule has 0 aromatic rings. The van der Waals surface area contributed by atoms with E-state index in [0.717, 1.165) is 18.7 Å².